The van der Waals surface area contributed by atoms with Crippen LogP contribution in [0.2, 0.25) is 0 Å². The summed E-state index contributed by atoms with van der Waals surface area (Å²) in [5.41, 5.74) is 1.48. The molecule has 1 atom stereocenters. The Morgan fingerprint density at radius 2 is 1.88 bits per heavy atom. The van der Waals surface area contributed by atoms with Gasteiger partial charge in [-0.25, -0.2) is 9.18 Å². The third kappa shape index (κ3) is 2.71. The number of ether oxygens (including phenoxy) is 2. The molecule has 3 rings (SSSR count). The average molecular weight is 329 g/mol. The largest absolute Gasteiger partial charge is 0.497 e. The predicted octanol–water partition coefficient (Wildman–Crippen LogP) is 2.70. The zero-order chi connectivity index (χ0) is 17.3. The molecule has 1 heterocycles. The number of benzene rings is 2. The highest BCUT2D eigenvalue weighted by molar-refractivity contribution is 6.03. The maximum Gasteiger partial charge on any atom is 0.333 e. The van der Waals surface area contributed by atoms with Crippen LogP contribution in [0.1, 0.15) is 27.5 Å². The number of nitrogens with zero attached hydrogens (tertiary/aromatic N) is 1. The Kier molecular flexibility index (Phi) is 4.20. The van der Waals surface area contributed by atoms with E-state index in [1.165, 1.54) is 24.1 Å². The van der Waals surface area contributed by atoms with Crippen molar-refractivity contribution in [2.24, 2.45) is 0 Å². The Balaban J connectivity index is 1.96. The number of rotatable bonds is 4. The highest BCUT2D eigenvalue weighted by atomic mass is 19.1. The summed E-state index contributed by atoms with van der Waals surface area (Å²) in [5.74, 6) is -0.767. The van der Waals surface area contributed by atoms with Crippen LogP contribution in [0, 0.1) is 5.82 Å². The number of carbonyl (C=O) groups excluding carboxylic acids is 2. The van der Waals surface area contributed by atoms with Crippen molar-refractivity contribution in [2.45, 2.75) is 12.6 Å². The van der Waals surface area contributed by atoms with E-state index in [2.05, 4.69) is 0 Å². The van der Waals surface area contributed by atoms with Gasteiger partial charge in [-0.2, -0.15) is 0 Å². The highest BCUT2D eigenvalue weighted by Crippen LogP contribution is 2.36. The fourth-order valence-corrected chi connectivity index (χ4v) is 2.85. The first-order chi connectivity index (χ1) is 11.5. The minimum absolute atomic E-state index is 0.193. The minimum Gasteiger partial charge on any atom is -0.497 e. The van der Waals surface area contributed by atoms with Crippen LogP contribution < -0.4 is 4.74 Å². The first-order valence-electron chi connectivity index (χ1n) is 7.36. The molecule has 1 aliphatic rings. The first kappa shape index (κ1) is 16.0. The Morgan fingerprint density at radius 1 is 1.17 bits per heavy atom. The first-order valence-corrected chi connectivity index (χ1v) is 7.36. The Hall–Kier alpha value is -2.89. The highest BCUT2D eigenvalue weighted by Gasteiger charge is 2.42. The van der Waals surface area contributed by atoms with E-state index < -0.39 is 23.7 Å². The predicted molar refractivity (Wildman–Crippen MR) is 84.0 cm³/mol. The molecule has 6 heteroatoms. The van der Waals surface area contributed by atoms with Crippen molar-refractivity contribution in [3.8, 4) is 5.75 Å². The van der Waals surface area contributed by atoms with Gasteiger partial charge in [-0.15, -0.1) is 0 Å². The number of carbonyl (C=O) groups is 2. The van der Waals surface area contributed by atoms with Gasteiger partial charge >= 0.3 is 5.97 Å². The van der Waals surface area contributed by atoms with Gasteiger partial charge in [0.25, 0.3) is 5.91 Å². The molecule has 0 aliphatic carbocycles. The van der Waals surface area contributed by atoms with Crippen molar-refractivity contribution in [3.05, 3.63) is 65.0 Å². The Bertz CT molecular complexity index is 788. The number of esters is 1. The molecular formula is C18H16FNO4. The molecule has 0 fully saturated rings. The van der Waals surface area contributed by atoms with Gasteiger partial charge in [-0.05, 0) is 35.4 Å². The molecular weight excluding hydrogens is 313 g/mol. The smallest absolute Gasteiger partial charge is 0.333 e. The standard InChI is InChI=1S/C18H16FNO4/c1-23-13-6-3-11(4-7-13)10-20-16(18(22)24-2)14-8-5-12(19)9-15(14)17(20)21/h3-9,16H,10H2,1-2H3/t16-/m1/s1. The molecule has 0 saturated carbocycles. The molecule has 0 bridgehead atoms. The normalized spacial score (nSPS) is 16.0. The molecule has 5 nitrogen and oxygen atoms in total. The van der Waals surface area contributed by atoms with Gasteiger partial charge < -0.3 is 14.4 Å². The topological polar surface area (TPSA) is 55.8 Å². The van der Waals surface area contributed by atoms with Gasteiger partial charge in [-0.3, -0.25) is 4.79 Å². The van der Waals surface area contributed by atoms with Crippen LogP contribution in [0.25, 0.3) is 0 Å². The van der Waals surface area contributed by atoms with Crippen molar-refractivity contribution in [2.75, 3.05) is 14.2 Å². The fourth-order valence-electron chi connectivity index (χ4n) is 2.85. The zero-order valence-electron chi connectivity index (χ0n) is 13.3. The van der Waals surface area contributed by atoms with E-state index in [0.717, 1.165) is 11.6 Å². The van der Waals surface area contributed by atoms with Crippen LogP contribution in [0.15, 0.2) is 42.5 Å². The van der Waals surface area contributed by atoms with E-state index in [1.54, 1.807) is 19.2 Å². The van der Waals surface area contributed by atoms with Gasteiger partial charge in [-0.1, -0.05) is 18.2 Å². The molecule has 0 aromatic heterocycles. The second-order valence-corrected chi connectivity index (χ2v) is 5.44. The van der Waals surface area contributed by atoms with Crippen molar-refractivity contribution in [3.63, 3.8) is 0 Å². The number of hydrogen-bond donors (Lipinski definition) is 0. The summed E-state index contributed by atoms with van der Waals surface area (Å²) in [6.07, 6.45) is 0. The van der Waals surface area contributed by atoms with E-state index >= 15 is 0 Å². The summed E-state index contributed by atoms with van der Waals surface area (Å²) in [4.78, 5) is 26.2. The van der Waals surface area contributed by atoms with Gasteiger partial charge in [0.1, 0.15) is 11.6 Å². The molecule has 1 amide bonds. The monoisotopic (exact) mass is 329 g/mol. The summed E-state index contributed by atoms with van der Waals surface area (Å²) in [6, 6.07) is 10.1. The summed E-state index contributed by atoms with van der Waals surface area (Å²) < 4.78 is 23.4. The zero-order valence-corrected chi connectivity index (χ0v) is 13.3. The van der Waals surface area contributed by atoms with Crippen LogP contribution in [-0.4, -0.2) is 31.0 Å². The van der Waals surface area contributed by atoms with Crippen LogP contribution >= 0.6 is 0 Å². The van der Waals surface area contributed by atoms with Crippen molar-refractivity contribution in [1.82, 2.24) is 4.90 Å². The van der Waals surface area contributed by atoms with Crippen molar-refractivity contribution in [1.29, 1.82) is 0 Å². The number of hydrogen-bond acceptors (Lipinski definition) is 4. The molecule has 2 aromatic carbocycles. The summed E-state index contributed by atoms with van der Waals surface area (Å²) >= 11 is 0. The molecule has 0 saturated heterocycles. The van der Waals surface area contributed by atoms with Crippen molar-refractivity contribution < 1.29 is 23.5 Å². The molecule has 0 spiro atoms. The lowest BCUT2D eigenvalue weighted by atomic mass is 10.0. The van der Waals surface area contributed by atoms with Crippen LogP contribution in [0.5, 0.6) is 5.75 Å². The second-order valence-electron chi connectivity index (χ2n) is 5.44. The number of fused-ring (bicyclic) bond motifs is 1. The van der Waals surface area contributed by atoms with Gasteiger partial charge in [0, 0.05) is 12.1 Å². The number of methoxy groups -OCH3 is 2. The Morgan fingerprint density at radius 3 is 2.50 bits per heavy atom. The minimum atomic E-state index is -0.875. The van der Waals surface area contributed by atoms with Gasteiger partial charge in [0.15, 0.2) is 6.04 Å². The third-order valence-electron chi connectivity index (χ3n) is 4.05. The van der Waals surface area contributed by atoms with Gasteiger partial charge in [0.2, 0.25) is 0 Å². The maximum atomic E-state index is 13.5. The average Bonchev–Trinajstić information content (AvgIpc) is 2.87. The molecule has 124 valence electrons. The van der Waals surface area contributed by atoms with Crippen LogP contribution in [-0.2, 0) is 16.1 Å². The summed E-state index contributed by atoms with van der Waals surface area (Å²) in [6.45, 7) is 0.207. The maximum absolute atomic E-state index is 13.5. The quantitative estimate of drug-likeness (QED) is 0.809. The van der Waals surface area contributed by atoms with Crippen LogP contribution in [0.3, 0.4) is 0 Å². The van der Waals surface area contributed by atoms with E-state index in [1.807, 2.05) is 12.1 Å². The summed E-state index contributed by atoms with van der Waals surface area (Å²) in [5, 5.41) is 0. The number of halogens is 1. The van der Waals surface area contributed by atoms with E-state index in [0.29, 0.717) is 11.3 Å². The molecule has 24 heavy (non-hydrogen) atoms. The molecule has 2 aromatic rings. The fraction of sp³-hybridized carbons (Fsp3) is 0.222. The summed E-state index contributed by atoms with van der Waals surface area (Å²) in [7, 11) is 2.83. The lowest BCUT2D eigenvalue weighted by Gasteiger charge is -2.23. The lowest BCUT2D eigenvalue weighted by molar-refractivity contribution is -0.146. The van der Waals surface area contributed by atoms with Crippen LogP contribution in [0.4, 0.5) is 4.39 Å². The Labute approximate surface area is 138 Å². The molecule has 1 aliphatic heterocycles. The van der Waals surface area contributed by atoms with E-state index in [9.17, 15) is 14.0 Å². The third-order valence-corrected chi connectivity index (χ3v) is 4.05. The van der Waals surface area contributed by atoms with E-state index in [-0.39, 0.29) is 12.1 Å². The van der Waals surface area contributed by atoms with Crippen molar-refractivity contribution >= 4 is 11.9 Å². The lowest BCUT2D eigenvalue weighted by Crippen LogP contribution is -2.32. The van der Waals surface area contributed by atoms with Gasteiger partial charge in [0.05, 0.1) is 14.2 Å². The second kappa shape index (κ2) is 6.31. The molecule has 0 N–H and O–H groups in total. The van der Waals surface area contributed by atoms with E-state index in [4.69, 9.17) is 9.47 Å². The number of amides is 1. The SMILES string of the molecule is COC(=O)[C@H]1c2ccc(F)cc2C(=O)N1Cc1ccc(OC)cc1. The molecule has 0 unspecified atom stereocenters. The molecule has 0 radical (unpaired) electrons.